The SMILES string of the molecule is CCOc1ccc(C[NH+](CCc2ccc3c(c2)OCO3)Cc2ccc3c(c2)OCO3)cc1. The quantitative estimate of drug-likeness (QED) is 0.560. The first-order chi connectivity index (χ1) is 15.8. The first kappa shape index (κ1) is 20.5. The van der Waals surface area contributed by atoms with Gasteiger partial charge in [0, 0.05) is 17.5 Å². The van der Waals surface area contributed by atoms with Gasteiger partial charge in [0.1, 0.15) is 18.8 Å². The Balaban J connectivity index is 1.30. The van der Waals surface area contributed by atoms with Crippen LogP contribution in [0.1, 0.15) is 23.6 Å². The molecule has 0 bridgehead atoms. The zero-order valence-corrected chi connectivity index (χ0v) is 18.3. The highest BCUT2D eigenvalue weighted by Crippen LogP contribution is 2.33. The third kappa shape index (κ3) is 4.75. The van der Waals surface area contributed by atoms with Crippen molar-refractivity contribution in [3.05, 3.63) is 77.4 Å². The van der Waals surface area contributed by atoms with E-state index >= 15 is 0 Å². The Morgan fingerprint density at radius 3 is 1.94 bits per heavy atom. The van der Waals surface area contributed by atoms with E-state index in [1.165, 1.54) is 21.6 Å². The van der Waals surface area contributed by atoms with Crippen LogP contribution in [0.3, 0.4) is 0 Å². The third-order valence-corrected chi connectivity index (χ3v) is 5.78. The van der Waals surface area contributed by atoms with Crippen molar-refractivity contribution in [1.82, 2.24) is 0 Å². The van der Waals surface area contributed by atoms with Crippen LogP contribution in [0.4, 0.5) is 0 Å². The van der Waals surface area contributed by atoms with Crippen LogP contribution in [-0.4, -0.2) is 26.7 Å². The van der Waals surface area contributed by atoms with Crippen molar-refractivity contribution in [1.29, 1.82) is 0 Å². The molecule has 5 rings (SSSR count). The normalized spacial score (nSPS) is 14.4. The molecule has 0 spiro atoms. The topological polar surface area (TPSA) is 50.6 Å². The van der Waals surface area contributed by atoms with Crippen LogP contribution < -0.4 is 28.6 Å². The molecule has 2 aliphatic rings. The lowest BCUT2D eigenvalue weighted by Crippen LogP contribution is -3.09. The van der Waals surface area contributed by atoms with Crippen LogP contribution in [-0.2, 0) is 19.5 Å². The predicted octanol–water partition coefficient (Wildman–Crippen LogP) is 3.37. The lowest BCUT2D eigenvalue weighted by Gasteiger charge is -2.20. The van der Waals surface area contributed by atoms with E-state index < -0.39 is 0 Å². The van der Waals surface area contributed by atoms with E-state index in [1.54, 1.807) is 0 Å². The van der Waals surface area contributed by atoms with Crippen molar-refractivity contribution in [3.63, 3.8) is 0 Å². The molecule has 2 heterocycles. The smallest absolute Gasteiger partial charge is 0.231 e. The molecule has 6 heteroatoms. The summed E-state index contributed by atoms with van der Waals surface area (Å²) in [5.41, 5.74) is 3.78. The minimum atomic E-state index is 0.297. The lowest BCUT2D eigenvalue weighted by atomic mass is 10.1. The molecule has 1 atom stereocenters. The summed E-state index contributed by atoms with van der Waals surface area (Å²) in [7, 11) is 0. The van der Waals surface area contributed by atoms with Crippen molar-refractivity contribution >= 4 is 0 Å². The molecule has 1 unspecified atom stereocenters. The van der Waals surface area contributed by atoms with E-state index in [0.29, 0.717) is 20.2 Å². The van der Waals surface area contributed by atoms with Gasteiger partial charge in [0.15, 0.2) is 23.0 Å². The molecule has 166 valence electrons. The summed E-state index contributed by atoms with van der Waals surface area (Å²) in [5.74, 6) is 4.23. The molecule has 32 heavy (non-hydrogen) atoms. The molecule has 2 aliphatic heterocycles. The maximum Gasteiger partial charge on any atom is 0.231 e. The van der Waals surface area contributed by atoms with E-state index in [0.717, 1.165) is 54.8 Å². The molecule has 0 radical (unpaired) electrons. The average molecular weight is 435 g/mol. The fraction of sp³-hybridized carbons (Fsp3) is 0.308. The maximum absolute atomic E-state index is 5.59. The number of fused-ring (bicyclic) bond motifs is 2. The summed E-state index contributed by atoms with van der Waals surface area (Å²) in [6.45, 7) is 6.09. The molecule has 0 fully saturated rings. The highest BCUT2D eigenvalue weighted by atomic mass is 16.7. The van der Waals surface area contributed by atoms with Crippen molar-refractivity contribution in [3.8, 4) is 28.7 Å². The fourth-order valence-corrected chi connectivity index (χ4v) is 4.16. The molecular formula is C26H28NO5+. The summed E-state index contributed by atoms with van der Waals surface area (Å²) in [6.07, 6.45) is 0.952. The predicted molar refractivity (Wildman–Crippen MR) is 120 cm³/mol. The fourth-order valence-electron chi connectivity index (χ4n) is 4.16. The van der Waals surface area contributed by atoms with Crippen LogP contribution in [0.15, 0.2) is 60.7 Å². The molecule has 3 aromatic rings. The zero-order valence-electron chi connectivity index (χ0n) is 18.3. The number of hydrogen-bond donors (Lipinski definition) is 1. The van der Waals surface area contributed by atoms with Crippen molar-refractivity contribution in [2.24, 2.45) is 0 Å². The van der Waals surface area contributed by atoms with Gasteiger partial charge in [0.2, 0.25) is 13.6 Å². The van der Waals surface area contributed by atoms with Crippen LogP contribution in [0.2, 0.25) is 0 Å². The van der Waals surface area contributed by atoms with Crippen molar-refractivity contribution < 1.29 is 28.6 Å². The van der Waals surface area contributed by atoms with Gasteiger partial charge in [0.05, 0.1) is 13.2 Å². The van der Waals surface area contributed by atoms with Gasteiger partial charge in [-0.15, -0.1) is 0 Å². The van der Waals surface area contributed by atoms with E-state index in [-0.39, 0.29) is 0 Å². The molecule has 3 aromatic carbocycles. The first-order valence-electron chi connectivity index (χ1n) is 11.1. The van der Waals surface area contributed by atoms with E-state index in [9.17, 15) is 0 Å². The zero-order chi connectivity index (χ0) is 21.8. The maximum atomic E-state index is 5.59. The second kappa shape index (κ2) is 9.40. The second-order valence-corrected chi connectivity index (χ2v) is 8.06. The van der Waals surface area contributed by atoms with Crippen molar-refractivity contribution in [2.75, 3.05) is 26.7 Å². The van der Waals surface area contributed by atoms with Gasteiger partial charge in [-0.2, -0.15) is 0 Å². The molecule has 0 saturated carbocycles. The highest BCUT2D eigenvalue weighted by molar-refractivity contribution is 5.45. The van der Waals surface area contributed by atoms with Gasteiger partial charge < -0.3 is 28.6 Å². The highest BCUT2D eigenvalue weighted by Gasteiger charge is 2.18. The molecule has 0 aromatic heterocycles. The molecule has 0 amide bonds. The Labute approximate surface area is 188 Å². The Morgan fingerprint density at radius 1 is 0.688 bits per heavy atom. The van der Waals surface area contributed by atoms with Crippen LogP contribution in [0, 0.1) is 0 Å². The number of ether oxygens (including phenoxy) is 5. The minimum Gasteiger partial charge on any atom is -0.494 e. The van der Waals surface area contributed by atoms with E-state index in [2.05, 4.69) is 48.5 Å². The van der Waals surface area contributed by atoms with E-state index in [4.69, 9.17) is 23.7 Å². The van der Waals surface area contributed by atoms with Gasteiger partial charge in [-0.1, -0.05) is 6.07 Å². The second-order valence-electron chi connectivity index (χ2n) is 8.06. The molecular weight excluding hydrogens is 406 g/mol. The van der Waals surface area contributed by atoms with Crippen LogP contribution in [0.25, 0.3) is 0 Å². The van der Waals surface area contributed by atoms with Gasteiger partial charge >= 0.3 is 0 Å². The van der Waals surface area contributed by atoms with Gasteiger partial charge in [0.25, 0.3) is 0 Å². The molecule has 0 aliphatic carbocycles. The Kier molecular flexibility index (Phi) is 6.03. The number of quaternary nitrogens is 1. The summed E-state index contributed by atoms with van der Waals surface area (Å²) in [5, 5.41) is 0. The number of benzene rings is 3. The Hall–Kier alpha value is -3.38. The standard InChI is InChI=1S/C26H27NO5/c1-2-28-22-7-3-20(4-8-22)15-27(16-21-6-10-24-26(14-21)32-18-30-24)12-11-19-5-9-23-25(13-19)31-17-29-23/h3-10,13-14H,2,11-12,15-18H2,1H3/p+1. The monoisotopic (exact) mass is 434 g/mol. The van der Waals surface area contributed by atoms with Gasteiger partial charge in [-0.25, -0.2) is 0 Å². The number of rotatable bonds is 9. The molecule has 1 N–H and O–H groups in total. The largest absolute Gasteiger partial charge is 0.494 e. The Morgan fingerprint density at radius 2 is 1.25 bits per heavy atom. The summed E-state index contributed by atoms with van der Waals surface area (Å²) >= 11 is 0. The summed E-state index contributed by atoms with van der Waals surface area (Å²) in [6, 6.07) is 20.9. The lowest BCUT2D eigenvalue weighted by molar-refractivity contribution is -0.927. The summed E-state index contributed by atoms with van der Waals surface area (Å²) < 4.78 is 27.6. The molecule has 0 saturated heterocycles. The molecule has 6 nitrogen and oxygen atoms in total. The number of nitrogens with one attached hydrogen (secondary N) is 1. The average Bonchev–Trinajstić information content (AvgIpc) is 3.47. The first-order valence-corrected chi connectivity index (χ1v) is 11.1. The van der Waals surface area contributed by atoms with Crippen molar-refractivity contribution in [2.45, 2.75) is 26.4 Å². The van der Waals surface area contributed by atoms with Gasteiger partial charge in [-0.05, 0) is 67.1 Å². The third-order valence-electron chi connectivity index (χ3n) is 5.78. The number of hydrogen-bond acceptors (Lipinski definition) is 5. The Bertz CT molecular complexity index is 1070. The van der Waals surface area contributed by atoms with Gasteiger partial charge in [-0.3, -0.25) is 0 Å². The minimum absolute atomic E-state index is 0.297. The summed E-state index contributed by atoms with van der Waals surface area (Å²) in [4.78, 5) is 1.46. The van der Waals surface area contributed by atoms with E-state index in [1.807, 2.05) is 19.1 Å². The van der Waals surface area contributed by atoms with Crippen LogP contribution in [0.5, 0.6) is 28.7 Å². The van der Waals surface area contributed by atoms with Crippen LogP contribution >= 0.6 is 0 Å².